The lowest BCUT2D eigenvalue weighted by atomic mass is 10.0. The molecule has 0 saturated heterocycles. The second-order valence-electron chi connectivity index (χ2n) is 5.74. The van der Waals surface area contributed by atoms with Gasteiger partial charge in [0.1, 0.15) is 0 Å². The van der Waals surface area contributed by atoms with Crippen LogP contribution in [0.25, 0.3) is 0 Å². The molecule has 0 bridgehead atoms. The highest BCUT2D eigenvalue weighted by Gasteiger charge is 2.20. The van der Waals surface area contributed by atoms with Crippen molar-refractivity contribution in [2.45, 2.75) is 53.2 Å². The Bertz CT molecular complexity index is 471. The van der Waals surface area contributed by atoms with Crippen LogP contribution in [0.2, 0.25) is 0 Å². The molecule has 0 amide bonds. The van der Waals surface area contributed by atoms with Crippen molar-refractivity contribution in [3.63, 3.8) is 0 Å². The Labute approximate surface area is 126 Å². The SMILES string of the molecule is CCC(CC)N(CC(C)C)c1ccc([N+](=O)[O-])c(CO)c1. The summed E-state index contributed by atoms with van der Waals surface area (Å²) >= 11 is 0. The number of hydrogen-bond acceptors (Lipinski definition) is 4. The Morgan fingerprint density at radius 2 is 1.90 bits per heavy atom. The summed E-state index contributed by atoms with van der Waals surface area (Å²) in [6.45, 7) is 9.21. The van der Waals surface area contributed by atoms with Gasteiger partial charge < -0.3 is 10.0 Å². The number of anilines is 1. The third-order valence-corrected chi connectivity index (χ3v) is 3.71. The fraction of sp³-hybridized carbons (Fsp3) is 0.625. The van der Waals surface area contributed by atoms with E-state index in [0.717, 1.165) is 25.1 Å². The number of hydrogen-bond donors (Lipinski definition) is 1. The first-order valence-corrected chi connectivity index (χ1v) is 7.59. The van der Waals surface area contributed by atoms with Gasteiger partial charge in [-0.25, -0.2) is 0 Å². The maximum Gasteiger partial charge on any atom is 0.275 e. The van der Waals surface area contributed by atoms with Gasteiger partial charge in [0.15, 0.2) is 0 Å². The van der Waals surface area contributed by atoms with Crippen molar-refractivity contribution < 1.29 is 10.0 Å². The van der Waals surface area contributed by atoms with E-state index < -0.39 is 4.92 Å². The molecule has 0 unspecified atom stereocenters. The molecular weight excluding hydrogens is 268 g/mol. The first-order valence-electron chi connectivity index (χ1n) is 7.59. The van der Waals surface area contributed by atoms with Crippen molar-refractivity contribution in [1.29, 1.82) is 0 Å². The van der Waals surface area contributed by atoms with Crippen molar-refractivity contribution >= 4 is 11.4 Å². The molecule has 1 rings (SSSR count). The Morgan fingerprint density at radius 1 is 1.29 bits per heavy atom. The summed E-state index contributed by atoms with van der Waals surface area (Å²) in [5.41, 5.74) is 1.31. The average Bonchev–Trinajstić information content (AvgIpc) is 2.46. The van der Waals surface area contributed by atoms with Crippen LogP contribution in [0.1, 0.15) is 46.1 Å². The Balaban J connectivity index is 3.21. The summed E-state index contributed by atoms with van der Waals surface area (Å²) < 4.78 is 0. The zero-order chi connectivity index (χ0) is 16.0. The van der Waals surface area contributed by atoms with Crippen LogP contribution < -0.4 is 4.90 Å². The molecule has 0 fully saturated rings. The molecule has 1 aromatic carbocycles. The van der Waals surface area contributed by atoms with Crippen LogP contribution in [0, 0.1) is 16.0 Å². The third kappa shape index (κ3) is 4.43. The van der Waals surface area contributed by atoms with Gasteiger partial charge in [-0.2, -0.15) is 0 Å². The molecule has 0 aliphatic rings. The van der Waals surface area contributed by atoms with E-state index in [9.17, 15) is 15.2 Å². The number of aliphatic hydroxyl groups is 1. The zero-order valence-corrected chi connectivity index (χ0v) is 13.4. The maximum absolute atomic E-state index is 11.0. The summed E-state index contributed by atoms with van der Waals surface area (Å²) in [5.74, 6) is 0.498. The number of benzene rings is 1. The van der Waals surface area contributed by atoms with Crippen molar-refractivity contribution in [3.05, 3.63) is 33.9 Å². The molecule has 0 aliphatic heterocycles. The number of nitro groups is 1. The summed E-state index contributed by atoms with van der Waals surface area (Å²) in [5, 5.41) is 20.4. The van der Waals surface area contributed by atoms with Crippen LogP contribution in [0.5, 0.6) is 0 Å². The van der Waals surface area contributed by atoms with Gasteiger partial charge in [-0.05, 0) is 30.9 Å². The van der Waals surface area contributed by atoms with E-state index in [4.69, 9.17) is 0 Å². The quantitative estimate of drug-likeness (QED) is 0.586. The van der Waals surface area contributed by atoms with Crippen molar-refractivity contribution in [2.24, 2.45) is 5.92 Å². The fourth-order valence-electron chi connectivity index (χ4n) is 2.64. The van der Waals surface area contributed by atoms with E-state index in [1.54, 1.807) is 12.1 Å². The van der Waals surface area contributed by atoms with E-state index in [2.05, 4.69) is 32.6 Å². The lowest BCUT2D eigenvalue weighted by Crippen LogP contribution is -2.37. The van der Waals surface area contributed by atoms with E-state index in [1.807, 2.05) is 0 Å². The molecule has 0 radical (unpaired) electrons. The highest BCUT2D eigenvalue weighted by molar-refractivity contribution is 5.56. The predicted octanol–water partition coefficient (Wildman–Crippen LogP) is 3.74. The minimum atomic E-state index is -0.445. The number of nitro benzene ring substituents is 1. The zero-order valence-electron chi connectivity index (χ0n) is 13.4. The van der Waals surface area contributed by atoms with Crippen molar-refractivity contribution in [1.82, 2.24) is 0 Å². The second-order valence-corrected chi connectivity index (χ2v) is 5.74. The molecule has 118 valence electrons. The van der Waals surface area contributed by atoms with E-state index >= 15 is 0 Å². The van der Waals surface area contributed by atoms with E-state index in [0.29, 0.717) is 17.5 Å². The molecule has 21 heavy (non-hydrogen) atoms. The number of aliphatic hydroxyl groups excluding tert-OH is 1. The number of rotatable bonds is 8. The molecule has 1 aromatic rings. The van der Waals surface area contributed by atoms with Crippen LogP contribution in [0.3, 0.4) is 0 Å². The predicted molar refractivity (Wildman–Crippen MR) is 85.6 cm³/mol. The summed E-state index contributed by atoms with van der Waals surface area (Å²) in [7, 11) is 0. The largest absolute Gasteiger partial charge is 0.391 e. The van der Waals surface area contributed by atoms with Crippen LogP contribution in [-0.4, -0.2) is 22.6 Å². The van der Waals surface area contributed by atoms with E-state index in [1.165, 1.54) is 6.07 Å². The molecule has 0 heterocycles. The summed E-state index contributed by atoms with van der Waals surface area (Å²) in [6.07, 6.45) is 2.04. The molecule has 5 heteroatoms. The fourth-order valence-corrected chi connectivity index (χ4v) is 2.64. The normalized spacial score (nSPS) is 11.2. The topological polar surface area (TPSA) is 66.6 Å². The van der Waals surface area contributed by atoms with Gasteiger partial charge in [-0.15, -0.1) is 0 Å². The smallest absolute Gasteiger partial charge is 0.275 e. The van der Waals surface area contributed by atoms with Crippen LogP contribution >= 0.6 is 0 Å². The monoisotopic (exact) mass is 294 g/mol. The molecule has 0 aromatic heterocycles. The maximum atomic E-state index is 11.0. The third-order valence-electron chi connectivity index (χ3n) is 3.71. The highest BCUT2D eigenvalue weighted by atomic mass is 16.6. The van der Waals surface area contributed by atoms with Crippen molar-refractivity contribution in [2.75, 3.05) is 11.4 Å². The van der Waals surface area contributed by atoms with Crippen molar-refractivity contribution in [3.8, 4) is 0 Å². The van der Waals surface area contributed by atoms with E-state index in [-0.39, 0.29) is 12.3 Å². The standard InChI is InChI=1S/C16H26N2O3/c1-5-14(6-2)17(10-12(3)4)15-7-8-16(18(20)21)13(9-15)11-19/h7-9,12,14,19H,5-6,10-11H2,1-4H3. The molecule has 0 spiro atoms. The van der Waals surface area contributed by atoms with Gasteiger partial charge in [0.25, 0.3) is 5.69 Å². The first kappa shape index (κ1) is 17.4. The lowest BCUT2D eigenvalue weighted by Gasteiger charge is -2.34. The lowest BCUT2D eigenvalue weighted by molar-refractivity contribution is -0.385. The van der Waals surface area contributed by atoms with Crippen LogP contribution in [0.4, 0.5) is 11.4 Å². The average molecular weight is 294 g/mol. The van der Waals surface area contributed by atoms with Gasteiger partial charge >= 0.3 is 0 Å². The molecule has 1 N–H and O–H groups in total. The molecule has 0 saturated carbocycles. The molecule has 0 atom stereocenters. The summed E-state index contributed by atoms with van der Waals surface area (Å²) in [4.78, 5) is 12.8. The minimum absolute atomic E-state index is 0.0182. The minimum Gasteiger partial charge on any atom is -0.391 e. The number of nitrogens with zero attached hydrogens (tertiary/aromatic N) is 2. The van der Waals surface area contributed by atoms with Gasteiger partial charge in [0, 0.05) is 24.3 Å². The Morgan fingerprint density at radius 3 is 2.33 bits per heavy atom. The van der Waals surface area contributed by atoms with Gasteiger partial charge in [0.05, 0.1) is 17.1 Å². The first-order chi connectivity index (χ1) is 9.94. The highest BCUT2D eigenvalue weighted by Crippen LogP contribution is 2.28. The van der Waals surface area contributed by atoms with Gasteiger partial charge in [-0.1, -0.05) is 27.7 Å². The van der Waals surface area contributed by atoms with Crippen LogP contribution in [0.15, 0.2) is 18.2 Å². The molecular formula is C16H26N2O3. The van der Waals surface area contributed by atoms with Crippen LogP contribution in [-0.2, 0) is 6.61 Å². The molecule has 5 nitrogen and oxygen atoms in total. The Kier molecular flexibility index (Phi) is 6.62. The molecule has 0 aliphatic carbocycles. The Hall–Kier alpha value is -1.62. The summed E-state index contributed by atoms with van der Waals surface area (Å²) in [6, 6.07) is 5.44. The van der Waals surface area contributed by atoms with Gasteiger partial charge in [-0.3, -0.25) is 10.1 Å². The van der Waals surface area contributed by atoms with Gasteiger partial charge in [0.2, 0.25) is 0 Å². The second kappa shape index (κ2) is 7.98.